The molecule has 24 heavy (non-hydrogen) atoms. The number of hydrogen-bond acceptors (Lipinski definition) is 4. The lowest BCUT2D eigenvalue weighted by Crippen LogP contribution is -2.55. The smallest absolute Gasteiger partial charge is 0.237 e. The molecule has 6 heteroatoms. The molecule has 6 nitrogen and oxygen atoms in total. The van der Waals surface area contributed by atoms with Crippen molar-refractivity contribution in [1.82, 2.24) is 15.2 Å². The van der Waals surface area contributed by atoms with Gasteiger partial charge in [0.1, 0.15) is 0 Å². The van der Waals surface area contributed by atoms with Crippen LogP contribution < -0.4 is 10.7 Å². The van der Waals surface area contributed by atoms with E-state index in [1.54, 1.807) is 6.07 Å². The van der Waals surface area contributed by atoms with E-state index in [1.165, 1.54) is 0 Å². The Labute approximate surface area is 140 Å². The molecular weight excluding hydrogens is 306 g/mol. The van der Waals surface area contributed by atoms with Crippen molar-refractivity contribution in [2.75, 3.05) is 19.7 Å². The molecule has 1 aromatic heterocycles. The summed E-state index contributed by atoms with van der Waals surface area (Å²) in [5.41, 5.74) is 3.63. The Morgan fingerprint density at radius 2 is 2.00 bits per heavy atom. The standard InChI is InChI=1S/C18H23N3O3/c1-11-3-4-12(2)17-16(11)15(23)9-13(20-17)10-21-7-6-19-18(24)14(21)5-8-22/h3-4,9,14,22H,5-8,10H2,1-2H3,(H,19,24)(H,20,23)/t14-/m1/s1. The number of nitrogens with zero attached hydrogens (tertiary/aromatic N) is 1. The van der Waals surface area contributed by atoms with Crippen LogP contribution in [-0.2, 0) is 11.3 Å². The number of amides is 1. The molecule has 0 aliphatic carbocycles. The number of carbonyl (C=O) groups excluding carboxylic acids is 1. The van der Waals surface area contributed by atoms with Crippen LogP contribution in [0.3, 0.4) is 0 Å². The highest BCUT2D eigenvalue weighted by molar-refractivity contribution is 5.85. The summed E-state index contributed by atoms with van der Waals surface area (Å²) >= 11 is 0. The Morgan fingerprint density at radius 1 is 1.25 bits per heavy atom. The number of aliphatic hydroxyl groups excluding tert-OH is 1. The molecule has 2 aromatic rings. The quantitative estimate of drug-likeness (QED) is 0.775. The summed E-state index contributed by atoms with van der Waals surface area (Å²) in [5.74, 6) is -0.0644. The first kappa shape index (κ1) is 16.7. The number of fused-ring (bicyclic) bond motifs is 1. The lowest BCUT2D eigenvalue weighted by Gasteiger charge is -2.34. The van der Waals surface area contributed by atoms with Crippen LogP contribution in [0.1, 0.15) is 23.2 Å². The van der Waals surface area contributed by atoms with Crippen LogP contribution in [0.5, 0.6) is 0 Å². The number of aliphatic hydroxyl groups is 1. The van der Waals surface area contributed by atoms with Crippen LogP contribution in [0, 0.1) is 13.8 Å². The number of aromatic amines is 1. The highest BCUT2D eigenvalue weighted by Crippen LogP contribution is 2.19. The van der Waals surface area contributed by atoms with E-state index in [4.69, 9.17) is 0 Å². The highest BCUT2D eigenvalue weighted by atomic mass is 16.3. The predicted octanol–water partition coefficient (Wildman–Crippen LogP) is 0.828. The number of benzene rings is 1. The molecule has 1 fully saturated rings. The third-order valence-electron chi connectivity index (χ3n) is 4.68. The Bertz CT molecular complexity index is 828. The number of hydrogen-bond donors (Lipinski definition) is 3. The largest absolute Gasteiger partial charge is 0.396 e. The number of nitrogens with one attached hydrogen (secondary N) is 2. The van der Waals surface area contributed by atoms with Crippen molar-refractivity contribution in [1.29, 1.82) is 0 Å². The molecule has 0 saturated carbocycles. The molecular formula is C18H23N3O3. The maximum absolute atomic E-state index is 12.5. The first-order valence-electron chi connectivity index (χ1n) is 8.26. The van der Waals surface area contributed by atoms with Gasteiger partial charge in [0.05, 0.1) is 11.6 Å². The van der Waals surface area contributed by atoms with Crippen molar-refractivity contribution in [3.8, 4) is 0 Å². The third kappa shape index (κ3) is 3.07. The van der Waals surface area contributed by atoms with Crippen LogP contribution >= 0.6 is 0 Å². The zero-order valence-corrected chi connectivity index (χ0v) is 14.1. The van der Waals surface area contributed by atoms with Gasteiger partial charge < -0.3 is 15.4 Å². The molecule has 0 spiro atoms. The second kappa shape index (κ2) is 6.75. The molecule has 2 heterocycles. The maximum atomic E-state index is 12.5. The molecule has 0 radical (unpaired) electrons. The summed E-state index contributed by atoms with van der Waals surface area (Å²) < 4.78 is 0. The van der Waals surface area contributed by atoms with Crippen molar-refractivity contribution in [3.05, 3.63) is 45.2 Å². The molecule has 0 bridgehead atoms. The maximum Gasteiger partial charge on any atom is 0.237 e. The van der Waals surface area contributed by atoms with Gasteiger partial charge in [0.15, 0.2) is 5.43 Å². The van der Waals surface area contributed by atoms with Crippen LogP contribution in [0.2, 0.25) is 0 Å². The SMILES string of the molecule is Cc1ccc(C)c2c(=O)cc(CN3CCNC(=O)[C@H]3CCO)[nH]c12. The van der Waals surface area contributed by atoms with Crippen molar-refractivity contribution in [3.63, 3.8) is 0 Å². The van der Waals surface area contributed by atoms with Gasteiger partial charge in [-0.2, -0.15) is 0 Å². The Hall–Kier alpha value is -2.18. The van der Waals surface area contributed by atoms with E-state index in [1.807, 2.05) is 30.9 Å². The Morgan fingerprint density at radius 3 is 2.75 bits per heavy atom. The van der Waals surface area contributed by atoms with Gasteiger partial charge in [-0.1, -0.05) is 12.1 Å². The van der Waals surface area contributed by atoms with E-state index in [2.05, 4.69) is 10.3 Å². The van der Waals surface area contributed by atoms with E-state index in [-0.39, 0.29) is 24.0 Å². The van der Waals surface area contributed by atoms with Gasteiger partial charge in [-0.3, -0.25) is 14.5 Å². The third-order valence-corrected chi connectivity index (χ3v) is 4.68. The van der Waals surface area contributed by atoms with E-state index in [9.17, 15) is 14.7 Å². The molecule has 1 atom stereocenters. The zero-order valence-electron chi connectivity index (χ0n) is 14.1. The van der Waals surface area contributed by atoms with E-state index in [0.717, 1.165) is 27.7 Å². The van der Waals surface area contributed by atoms with Crippen LogP contribution in [-0.4, -0.2) is 46.6 Å². The van der Waals surface area contributed by atoms with Crippen LogP contribution in [0.4, 0.5) is 0 Å². The van der Waals surface area contributed by atoms with Crippen LogP contribution in [0.25, 0.3) is 10.9 Å². The molecule has 128 valence electrons. The first-order chi connectivity index (χ1) is 11.5. The minimum absolute atomic E-state index is 0.000110. The zero-order chi connectivity index (χ0) is 17.3. The van der Waals surface area contributed by atoms with Gasteiger partial charge in [0, 0.05) is 43.4 Å². The molecule has 1 saturated heterocycles. The number of aryl methyl sites for hydroxylation is 2. The van der Waals surface area contributed by atoms with Gasteiger partial charge in [0.2, 0.25) is 5.91 Å². The fraction of sp³-hybridized carbons (Fsp3) is 0.444. The number of carbonyl (C=O) groups is 1. The summed E-state index contributed by atoms with van der Waals surface area (Å²) in [7, 11) is 0. The van der Waals surface area contributed by atoms with Gasteiger partial charge in [0.25, 0.3) is 0 Å². The number of rotatable bonds is 4. The van der Waals surface area contributed by atoms with E-state index >= 15 is 0 Å². The van der Waals surface area contributed by atoms with E-state index in [0.29, 0.717) is 26.1 Å². The number of aromatic nitrogens is 1. The molecule has 1 amide bonds. The topological polar surface area (TPSA) is 85.4 Å². The lowest BCUT2D eigenvalue weighted by atomic mass is 10.0. The second-order valence-electron chi connectivity index (χ2n) is 6.40. The summed E-state index contributed by atoms with van der Waals surface area (Å²) in [4.78, 5) is 29.9. The molecule has 3 N–H and O–H groups in total. The molecule has 1 aliphatic rings. The minimum atomic E-state index is -0.360. The van der Waals surface area contributed by atoms with E-state index < -0.39 is 0 Å². The molecule has 1 aromatic carbocycles. The van der Waals surface area contributed by atoms with Crippen LogP contribution in [0.15, 0.2) is 23.0 Å². The fourth-order valence-electron chi connectivity index (χ4n) is 3.41. The lowest BCUT2D eigenvalue weighted by molar-refractivity contribution is -0.130. The summed E-state index contributed by atoms with van der Waals surface area (Å²) in [6, 6.07) is 5.22. The van der Waals surface area contributed by atoms with Gasteiger partial charge in [-0.15, -0.1) is 0 Å². The van der Waals surface area contributed by atoms with Crippen molar-refractivity contribution in [2.24, 2.45) is 0 Å². The van der Waals surface area contributed by atoms with Crippen molar-refractivity contribution >= 4 is 16.8 Å². The number of piperazine rings is 1. The minimum Gasteiger partial charge on any atom is -0.396 e. The summed E-state index contributed by atoms with van der Waals surface area (Å²) in [6.45, 7) is 5.63. The summed E-state index contributed by atoms with van der Waals surface area (Å²) in [6.07, 6.45) is 0.391. The van der Waals surface area contributed by atoms with Gasteiger partial charge >= 0.3 is 0 Å². The van der Waals surface area contributed by atoms with Crippen molar-refractivity contribution in [2.45, 2.75) is 32.9 Å². The first-order valence-corrected chi connectivity index (χ1v) is 8.26. The highest BCUT2D eigenvalue weighted by Gasteiger charge is 2.29. The fourth-order valence-corrected chi connectivity index (χ4v) is 3.41. The molecule has 0 unspecified atom stereocenters. The predicted molar refractivity (Wildman–Crippen MR) is 93.0 cm³/mol. The average molecular weight is 329 g/mol. The number of pyridine rings is 1. The van der Waals surface area contributed by atoms with Crippen molar-refractivity contribution < 1.29 is 9.90 Å². The van der Waals surface area contributed by atoms with Gasteiger partial charge in [-0.05, 0) is 31.4 Å². The molecule has 1 aliphatic heterocycles. The monoisotopic (exact) mass is 329 g/mol. The normalized spacial score (nSPS) is 18.8. The molecule has 3 rings (SSSR count). The Kier molecular flexibility index (Phi) is 4.69. The summed E-state index contributed by atoms with van der Waals surface area (Å²) in [5, 5.41) is 12.8. The Balaban J connectivity index is 1.96. The van der Waals surface area contributed by atoms with Gasteiger partial charge in [-0.25, -0.2) is 0 Å². The number of H-pyrrole nitrogens is 1. The second-order valence-corrected chi connectivity index (χ2v) is 6.40. The average Bonchev–Trinajstić information content (AvgIpc) is 2.54.